The predicted octanol–water partition coefficient (Wildman–Crippen LogP) is 8.61. The van der Waals surface area contributed by atoms with Crippen LogP contribution in [0.25, 0.3) is 0 Å². The second-order valence-electron chi connectivity index (χ2n) is 13.9. The minimum absolute atomic E-state index is 0.364. The quantitative estimate of drug-likeness (QED) is 0.0253. The van der Waals surface area contributed by atoms with Gasteiger partial charge >= 0.3 is 5.97 Å². The first-order valence-electron chi connectivity index (χ1n) is 20.2. The largest absolute Gasteiger partial charge is 0.460 e. The third kappa shape index (κ3) is 29.4. The van der Waals surface area contributed by atoms with Crippen molar-refractivity contribution in [1.29, 1.82) is 0 Å². The summed E-state index contributed by atoms with van der Waals surface area (Å²) in [5.41, 5.74) is 0. The highest BCUT2D eigenvalue weighted by Gasteiger charge is 2.34. The first-order valence-corrected chi connectivity index (χ1v) is 20.2. The van der Waals surface area contributed by atoms with Crippen LogP contribution in [-0.2, 0) is 14.3 Å². The molecule has 0 radical (unpaired) electrons. The van der Waals surface area contributed by atoms with Crippen molar-refractivity contribution in [1.82, 2.24) is 5.32 Å². The van der Waals surface area contributed by atoms with Crippen LogP contribution in [-0.4, -0.2) is 69.9 Å². The number of aliphatic hydroxyl groups is 4. The molecule has 284 valence electrons. The molecule has 0 saturated heterocycles. The van der Waals surface area contributed by atoms with Crippen LogP contribution in [0.3, 0.4) is 0 Å². The number of nitrogens with one attached hydrogen (secondary N) is 1. The fourth-order valence-electron chi connectivity index (χ4n) is 5.98. The molecular weight excluding hydrogens is 606 g/mol. The maximum atomic E-state index is 12.2. The Morgan fingerprint density at radius 1 is 0.542 bits per heavy atom. The van der Waals surface area contributed by atoms with E-state index in [1.165, 1.54) is 147 Å². The lowest BCUT2D eigenvalue weighted by atomic mass is 10.0. The third-order valence-corrected chi connectivity index (χ3v) is 9.29. The Balaban J connectivity index is 3.80. The van der Waals surface area contributed by atoms with Gasteiger partial charge in [-0.1, -0.05) is 180 Å². The summed E-state index contributed by atoms with van der Waals surface area (Å²) in [5, 5.41) is 43.2. The van der Waals surface area contributed by atoms with Crippen LogP contribution >= 0.6 is 0 Å². The second-order valence-corrected chi connectivity index (χ2v) is 13.9. The Morgan fingerprint density at radius 2 is 0.917 bits per heavy atom. The summed E-state index contributed by atoms with van der Waals surface area (Å²) in [6.07, 6.45) is 30.4. The highest BCUT2D eigenvalue weighted by atomic mass is 16.5. The van der Waals surface area contributed by atoms with Crippen LogP contribution in [0.5, 0.6) is 0 Å². The molecule has 0 bridgehead atoms. The summed E-state index contributed by atoms with van der Waals surface area (Å²) in [6, 6.07) is 0. The standard InChI is InChI=1S/C40H77NO7/c1-3-5-7-9-11-13-15-17-19-20-22-24-26-28-30-32-36(43)48-34-35(42)37(44)38(45)39(46)40(47)41-33-31-29-27-25-23-21-18-16-14-12-10-8-6-4-2/h30,32,35,37-39,42,44-46H,3-29,31,33-34H2,1-2H3,(H,41,47). The van der Waals surface area contributed by atoms with Crippen LogP contribution < -0.4 is 5.32 Å². The number of ether oxygens (including phenoxy) is 1. The van der Waals surface area contributed by atoms with Gasteiger partial charge in [0.25, 0.3) is 5.91 Å². The lowest BCUT2D eigenvalue weighted by molar-refractivity contribution is -0.156. The Labute approximate surface area is 294 Å². The summed E-state index contributed by atoms with van der Waals surface area (Å²) in [5.74, 6) is -1.46. The average molecular weight is 684 g/mol. The number of esters is 1. The fourth-order valence-corrected chi connectivity index (χ4v) is 5.98. The van der Waals surface area contributed by atoms with Crippen LogP contribution in [0.15, 0.2) is 12.2 Å². The molecule has 0 aromatic rings. The van der Waals surface area contributed by atoms with E-state index in [2.05, 4.69) is 19.2 Å². The third-order valence-electron chi connectivity index (χ3n) is 9.29. The van der Waals surface area contributed by atoms with Gasteiger partial charge in [0, 0.05) is 12.6 Å². The predicted molar refractivity (Wildman–Crippen MR) is 198 cm³/mol. The molecule has 0 aliphatic rings. The van der Waals surface area contributed by atoms with E-state index >= 15 is 0 Å². The number of carbonyl (C=O) groups excluding carboxylic acids is 2. The van der Waals surface area contributed by atoms with Gasteiger partial charge in [-0.3, -0.25) is 4.79 Å². The van der Waals surface area contributed by atoms with Crippen molar-refractivity contribution in [2.24, 2.45) is 0 Å². The van der Waals surface area contributed by atoms with Gasteiger partial charge in [-0.05, 0) is 19.3 Å². The topological polar surface area (TPSA) is 136 Å². The number of aliphatic hydroxyl groups excluding tert-OH is 4. The first-order chi connectivity index (χ1) is 23.3. The number of unbranched alkanes of at least 4 members (excludes halogenated alkanes) is 26. The minimum atomic E-state index is -1.92. The molecule has 0 saturated carbocycles. The van der Waals surface area contributed by atoms with Crippen molar-refractivity contribution >= 4 is 11.9 Å². The number of carbonyl (C=O) groups is 2. The zero-order valence-electron chi connectivity index (χ0n) is 31.2. The van der Waals surface area contributed by atoms with Crippen LogP contribution in [0, 0.1) is 0 Å². The van der Waals surface area contributed by atoms with Gasteiger partial charge in [0.2, 0.25) is 0 Å². The average Bonchev–Trinajstić information content (AvgIpc) is 3.09. The molecule has 0 rings (SSSR count). The van der Waals surface area contributed by atoms with E-state index in [1.807, 2.05) is 0 Å². The van der Waals surface area contributed by atoms with Gasteiger partial charge < -0.3 is 30.5 Å². The molecule has 0 spiro atoms. The van der Waals surface area contributed by atoms with Crippen LogP contribution in [0.4, 0.5) is 0 Å². The summed E-state index contributed by atoms with van der Waals surface area (Å²) >= 11 is 0. The van der Waals surface area contributed by atoms with E-state index in [9.17, 15) is 30.0 Å². The lowest BCUT2D eigenvalue weighted by Gasteiger charge is -2.25. The van der Waals surface area contributed by atoms with E-state index in [0.29, 0.717) is 6.54 Å². The molecule has 0 fully saturated rings. The number of hydrogen-bond acceptors (Lipinski definition) is 7. The molecule has 0 aromatic heterocycles. The van der Waals surface area contributed by atoms with E-state index in [4.69, 9.17) is 4.74 Å². The highest BCUT2D eigenvalue weighted by Crippen LogP contribution is 2.15. The van der Waals surface area contributed by atoms with E-state index < -0.39 is 42.9 Å². The molecule has 48 heavy (non-hydrogen) atoms. The summed E-state index contributed by atoms with van der Waals surface area (Å²) < 4.78 is 4.97. The van der Waals surface area contributed by atoms with Gasteiger partial charge in [0.15, 0.2) is 6.10 Å². The van der Waals surface area contributed by atoms with Gasteiger partial charge in [-0.15, -0.1) is 0 Å². The number of hydrogen-bond donors (Lipinski definition) is 5. The zero-order valence-corrected chi connectivity index (χ0v) is 31.2. The van der Waals surface area contributed by atoms with E-state index in [0.717, 1.165) is 38.5 Å². The Kier molecular flexibility index (Phi) is 34.3. The second kappa shape index (κ2) is 35.3. The van der Waals surface area contributed by atoms with Crippen molar-refractivity contribution in [2.75, 3.05) is 13.2 Å². The van der Waals surface area contributed by atoms with E-state index in [1.54, 1.807) is 6.08 Å². The molecular formula is C40H77NO7. The smallest absolute Gasteiger partial charge is 0.330 e. The van der Waals surface area contributed by atoms with Gasteiger partial charge in [-0.2, -0.15) is 0 Å². The maximum absolute atomic E-state index is 12.2. The van der Waals surface area contributed by atoms with Crippen molar-refractivity contribution in [3.8, 4) is 0 Å². The van der Waals surface area contributed by atoms with Crippen LogP contribution in [0.1, 0.15) is 194 Å². The highest BCUT2D eigenvalue weighted by molar-refractivity contribution is 5.82. The fraction of sp³-hybridized carbons (Fsp3) is 0.900. The molecule has 0 aromatic carbocycles. The molecule has 0 aliphatic carbocycles. The first kappa shape index (κ1) is 46.5. The maximum Gasteiger partial charge on any atom is 0.330 e. The summed E-state index contributed by atoms with van der Waals surface area (Å²) in [4.78, 5) is 24.2. The summed E-state index contributed by atoms with van der Waals surface area (Å²) in [6.45, 7) is 4.30. The minimum Gasteiger partial charge on any atom is -0.460 e. The molecule has 5 N–H and O–H groups in total. The molecule has 0 aliphatic heterocycles. The number of allylic oxidation sites excluding steroid dienone is 1. The van der Waals surface area contributed by atoms with Crippen molar-refractivity contribution in [3.05, 3.63) is 12.2 Å². The van der Waals surface area contributed by atoms with Gasteiger partial charge in [0.1, 0.15) is 24.9 Å². The monoisotopic (exact) mass is 684 g/mol. The van der Waals surface area contributed by atoms with Gasteiger partial charge in [-0.25, -0.2) is 4.79 Å². The Bertz CT molecular complexity index is 747. The zero-order chi connectivity index (χ0) is 35.5. The Morgan fingerprint density at radius 3 is 1.33 bits per heavy atom. The molecule has 1 amide bonds. The SMILES string of the molecule is CCCCCCCCCCCCCCCC=CC(=O)OCC(O)C(O)C(O)C(O)C(=O)NCCCCCCCCCCCCCCCC. The van der Waals surface area contributed by atoms with Gasteiger partial charge in [0.05, 0.1) is 0 Å². The summed E-state index contributed by atoms with van der Waals surface area (Å²) in [7, 11) is 0. The van der Waals surface area contributed by atoms with Crippen LogP contribution in [0.2, 0.25) is 0 Å². The molecule has 0 heterocycles. The van der Waals surface area contributed by atoms with Crippen molar-refractivity contribution in [2.45, 2.75) is 218 Å². The number of rotatable bonds is 36. The van der Waals surface area contributed by atoms with Crippen molar-refractivity contribution in [3.63, 3.8) is 0 Å². The molecule has 8 nitrogen and oxygen atoms in total. The Hall–Kier alpha value is -1.48. The van der Waals surface area contributed by atoms with E-state index in [-0.39, 0.29) is 0 Å². The molecule has 4 atom stereocenters. The molecule has 4 unspecified atom stereocenters. The molecule has 8 heteroatoms. The normalized spacial score (nSPS) is 14.2. The lowest BCUT2D eigenvalue weighted by Crippen LogP contribution is -2.52. The number of amides is 1. The van der Waals surface area contributed by atoms with Crippen molar-refractivity contribution < 1.29 is 34.8 Å².